The maximum atomic E-state index is 15.1. The number of carbonyl (C=O) groups excluding carboxylic acids is 3. The SMILES string of the molecule is C=CCN(Cc1ccccc1)C(=O)[C@@H]1[C@H]2C(=O)N([C@H](CO)c3ccccc3)C(C(=O)N(CC=C)C3CCCCC3)C23S[C@@H]1CC3C. The Morgan fingerprint density at radius 2 is 1.65 bits per heavy atom. The molecule has 4 aliphatic rings. The van der Waals surface area contributed by atoms with Gasteiger partial charge in [0.2, 0.25) is 17.7 Å². The number of aliphatic hydroxyl groups excluding tert-OH is 1. The third-order valence-corrected chi connectivity index (χ3v) is 13.0. The lowest BCUT2D eigenvalue weighted by atomic mass is 9.65. The van der Waals surface area contributed by atoms with Gasteiger partial charge in [-0.15, -0.1) is 24.9 Å². The van der Waals surface area contributed by atoms with Gasteiger partial charge in [-0.2, -0.15) is 0 Å². The summed E-state index contributed by atoms with van der Waals surface area (Å²) in [5.41, 5.74) is 1.80. The predicted octanol–water partition coefficient (Wildman–Crippen LogP) is 5.62. The van der Waals surface area contributed by atoms with Gasteiger partial charge in [-0.05, 0) is 36.3 Å². The van der Waals surface area contributed by atoms with E-state index in [1.165, 1.54) is 0 Å². The van der Waals surface area contributed by atoms with Gasteiger partial charge in [0.25, 0.3) is 0 Å². The standard InChI is InChI=1S/C38H47N3O4S/c1-4-21-39(24-27-15-9-6-10-16-27)35(43)32-31-23-26(3)38(46-31)33(32)36(44)41(30(25-42)28-17-11-7-12-18-28)34(38)37(45)40(22-5-2)29-19-13-8-14-20-29/h4-7,9-12,15-18,26,29-34,42H,1-2,8,13-14,19-25H2,3H3/t26?,30-,31-,32+,33+,34?,38?/m1/s1. The summed E-state index contributed by atoms with van der Waals surface area (Å²) < 4.78 is -0.776. The number of rotatable bonds is 12. The van der Waals surface area contributed by atoms with E-state index in [2.05, 4.69) is 20.1 Å². The molecule has 7 atom stereocenters. The first-order valence-corrected chi connectivity index (χ1v) is 17.8. The van der Waals surface area contributed by atoms with Crippen molar-refractivity contribution in [2.75, 3.05) is 19.7 Å². The second-order valence-corrected chi connectivity index (χ2v) is 15.0. The summed E-state index contributed by atoms with van der Waals surface area (Å²) in [5, 5.41) is 10.8. The minimum absolute atomic E-state index is 0.0356. The van der Waals surface area contributed by atoms with E-state index in [1.807, 2.05) is 70.5 Å². The van der Waals surface area contributed by atoms with Crippen LogP contribution in [0.1, 0.15) is 62.6 Å². The largest absolute Gasteiger partial charge is 0.394 e. The maximum Gasteiger partial charge on any atom is 0.247 e. The lowest BCUT2D eigenvalue weighted by molar-refractivity contribution is -0.148. The second kappa shape index (κ2) is 13.8. The number of fused-ring (bicyclic) bond motifs is 1. The van der Waals surface area contributed by atoms with Gasteiger partial charge < -0.3 is 19.8 Å². The molecule has 0 radical (unpaired) electrons. The smallest absolute Gasteiger partial charge is 0.247 e. The van der Waals surface area contributed by atoms with E-state index in [4.69, 9.17) is 0 Å². The van der Waals surface area contributed by atoms with Gasteiger partial charge in [0, 0.05) is 30.9 Å². The number of carbonyl (C=O) groups is 3. The Labute approximate surface area is 277 Å². The van der Waals surface area contributed by atoms with Crippen LogP contribution >= 0.6 is 11.8 Å². The monoisotopic (exact) mass is 641 g/mol. The molecule has 0 aromatic heterocycles. The van der Waals surface area contributed by atoms with Crippen LogP contribution in [-0.2, 0) is 20.9 Å². The summed E-state index contributed by atoms with van der Waals surface area (Å²) in [7, 11) is 0. The molecule has 2 bridgehead atoms. The molecule has 1 spiro atoms. The van der Waals surface area contributed by atoms with Crippen LogP contribution in [0.3, 0.4) is 0 Å². The van der Waals surface area contributed by atoms with Gasteiger partial charge in [-0.25, -0.2) is 0 Å². The van der Waals surface area contributed by atoms with Gasteiger partial charge in [0.05, 0.1) is 29.2 Å². The van der Waals surface area contributed by atoms with Crippen molar-refractivity contribution in [2.24, 2.45) is 17.8 Å². The summed E-state index contributed by atoms with van der Waals surface area (Å²) in [4.78, 5) is 50.3. The van der Waals surface area contributed by atoms with Crippen molar-refractivity contribution in [1.29, 1.82) is 0 Å². The van der Waals surface area contributed by atoms with Gasteiger partial charge in [-0.1, -0.05) is 99.0 Å². The Balaban J connectivity index is 1.44. The van der Waals surface area contributed by atoms with Crippen LogP contribution in [-0.4, -0.2) is 79.3 Å². The molecule has 3 aliphatic heterocycles. The van der Waals surface area contributed by atoms with Crippen molar-refractivity contribution < 1.29 is 19.5 Å². The molecule has 2 aromatic rings. The molecule has 3 saturated heterocycles. The number of thioether (sulfide) groups is 1. The highest BCUT2D eigenvalue weighted by Crippen LogP contribution is 2.69. The van der Waals surface area contributed by atoms with E-state index < -0.39 is 28.7 Å². The molecule has 6 rings (SSSR count). The molecule has 244 valence electrons. The molecular formula is C38H47N3O4S. The van der Waals surface area contributed by atoms with Crippen LogP contribution < -0.4 is 0 Å². The first-order valence-electron chi connectivity index (χ1n) is 16.9. The fraction of sp³-hybridized carbons (Fsp3) is 0.500. The average Bonchev–Trinajstić information content (AvgIpc) is 3.68. The highest BCUT2D eigenvalue weighted by Gasteiger charge is 2.77. The summed E-state index contributed by atoms with van der Waals surface area (Å²) in [6.45, 7) is 11.0. The van der Waals surface area contributed by atoms with Gasteiger partial charge in [-0.3, -0.25) is 14.4 Å². The molecule has 3 amide bonds. The summed E-state index contributed by atoms with van der Waals surface area (Å²) in [6.07, 6.45) is 9.45. The Morgan fingerprint density at radius 1 is 1.00 bits per heavy atom. The van der Waals surface area contributed by atoms with E-state index in [0.29, 0.717) is 19.6 Å². The van der Waals surface area contributed by atoms with Gasteiger partial charge in [0.15, 0.2) is 0 Å². The topological polar surface area (TPSA) is 81.2 Å². The van der Waals surface area contributed by atoms with E-state index in [-0.39, 0.29) is 41.5 Å². The lowest BCUT2D eigenvalue weighted by Crippen LogP contribution is -2.59. The van der Waals surface area contributed by atoms with Crippen molar-refractivity contribution in [3.05, 3.63) is 97.1 Å². The van der Waals surface area contributed by atoms with Crippen molar-refractivity contribution in [1.82, 2.24) is 14.7 Å². The van der Waals surface area contributed by atoms with Crippen LogP contribution in [0.2, 0.25) is 0 Å². The quantitative estimate of drug-likeness (QED) is 0.305. The van der Waals surface area contributed by atoms with Crippen molar-refractivity contribution >= 4 is 29.5 Å². The van der Waals surface area contributed by atoms with E-state index in [1.54, 1.807) is 28.8 Å². The minimum Gasteiger partial charge on any atom is -0.394 e. The third kappa shape index (κ3) is 5.51. The number of hydrogen-bond acceptors (Lipinski definition) is 5. The first-order chi connectivity index (χ1) is 22.4. The Bertz CT molecular complexity index is 1430. The number of aliphatic hydroxyl groups is 1. The normalized spacial score (nSPS) is 29.3. The molecule has 1 N–H and O–H groups in total. The van der Waals surface area contributed by atoms with Crippen LogP contribution in [0.25, 0.3) is 0 Å². The Hall–Kier alpha value is -3.36. The minimum atomic E-state index is -0.797. The first kappa shape index (κ1) is 32.6. The zero-order chi connectivity index (χ0) is 32.4. The molecule has 8 heteroatoms. The van der Waals surface area contributed by atoms with E-state index in [0.717, 1.165) is 49.7 Å². The number of nitrogens with zero attached hydrogens (tertiary/aromatic N) is 3. The number of hydrogen-bond donors (Lipinski definition) is 1. The van der Waals surface area contributed by atoms with Crippen LogP contribution in [0.15, 0.2) is 86.0 Å². The van der Waals surface area contributed by atoms with Gasteiger partial charge >= 0.3 is 0 Å². The maximum absolute atomic E-state index is 15.1. The number of amides is 3. The average molecular weight is 642 g/mol. The molecule has 1 saturated carbocycles. The van der Waals surface area contributed by atoms with Crippen molar-refractivity contribution in [3.63, 3.8) is 0 Å². The van der Waals surface area contributed by atoms with Crippen molar-refractivity contribution in [2.45, 2.75) is 80.1 Å². The summed E-state index contributed by atoms with van der Waals surface area (Å²) >= 11 is 1.69. The third-order valence-electron chi connectivity index (χ3n) is 10.9. The molecule has 1 aliphatic carbocycles. The molecule has 3 heterocycles. The molecule has 2 aromatic carbocycles. The Kier molecular flexibility index (Phi) is 9.76. The second-order valence-electron chi connectivity index (χ2n) is 13.5. The molecular weight excluding hydrogens is 595 g/mol. The van der Waals surface area contributed by atoms with E-state index in [9.17, 15) is 9.90 Å². The molecule has 4 fully saturated rings. The summed E-state index contributed by atoms with van der Waals surface area (Å²) in [6, 6.07) is 18.0. The number of benzene rings is 2. The summed E-state index contributed by atoms with van der Waals surface area (Å²) in [5.74, 6) is -1.51. The predicted molar refractivity (Wildman–Crippen MR) is 183 cm³/mol. The Morgan fingerprint density at radius 3 is 2.28 bits per heavy atom. The van der Waals surface area contributed by atoms with Crippen LogP contribution in [0, 0.1) is 17.8 Å². The number of likely N-dealkylation sites (tertiary alicyclic amines) is 1. The molecule has 46 heavy (non-hydrogen) atoms. The zero-order valence-corrected chi connectivity index (χ0v) is 27.7. The van der Waals surface area contributed by atoms with E-state index >= 15 is 9.59 Å². The van der Waals surface area contributed by atoms with Gasteiger partial charge in [0.1, 0.15) is 6.04 Å². The van der Waals surface area contributed by atoms with Crippen LogP contribution in [0.5, 0.6) is 0 Å². The lowest BCUT2D eigenvalue weighted by Gasteiger charge is -2.44. The molecule has 7 nitrogen and oxygen atoms in total. The highest BCUT2D eigenvalue weighted by atomic mass is 32.2. The fourth-order valence-corrected chi connectivity index (χ4v) is 11.3. The molecule has 3 unspecified atom stereocenters. The van der Waals surface area contributed by atoms with Crippen molar-refractivity contribution in [3.8, 4) is 0 Å². The fourth-order valence-electron chi connectivity index (χ4n) is 8.90. The van der Waals surface area contributed by atoms with Crippen LogP contribution in [0.4, 0.5) is 0 Å². The zero-order valence-electron chi connectivity index (χ0n) is 26.9. The highest BCUT2D eigenvalue weighted by molar-refractivity contribution is 8.02.